The van der Waals surface area contributed by atoms with Gasteiger partial charge in [-0.05, 0) is 49.7 Å². The molecule has 1 atom stereocenters. The van der Waals surface area contributed by atoms with E-state index in [0.717, 1.165) is 5.56 Å². The van der Waals surface area contributed by atoms with Crippen molar-refractivity contribution in [3.05, 3.63) is 59.8 Å². The number of anilines is 1. The van der Waals surface area contributed by atoms with Crippen LogP contribution in [0.1, 0.15) is 12.5 Å². The minimum atomic E-state index is -0.705. The van der Waals surface area contributed by atoms with E-state index in [9.17, 15) is 4.79 Å². The van der Waals surface area contributed by atoms with Crippen LogP contribution in [0.3, 0.4) is 0 Å². The number of amides is 1. The monoisotopic (exact) mass is 357 g/mol. The Labute approximate surface area is 149 Å². The molecule has 0 fully saturated rings. The van der Waals surface area contributed by atoms with Crippen LogP contribution in [0.5, 0.6) is 5.75 Å². The molecule has 0 aliphatic carbocycles. The first-order chi connectivity index (χ1) is 12.0. The van der Waals surface area contributed by atoms with Crippen LogP contribution in [0, 0.1) is 6.92 Å². The highest BCUT2D eigenvalue weighted by molar-refractivity contribution is 6.30. The van der Waals surface area contributed by atoms with E-state index in [1.165, 1.54) is 17.3 Å². The highest BCUT2D eigenvalue weighted by atomic mass is 35.5. The van der Waals surface area contributed by atoms with Gasteiger partial charge in [0.25, 0.3) is 5.91 Å². The van der Waals surface area contributed by atoms with E-state index in [1.54, 1.807) is 43.5 Å². The van der Waals surface area contributed by atoms with Crippen LogP contribution in [0.2, 0.25) is 5.02 Å². The number of pyridine rings is 1. The third-order valence-corrected chi connectivity index (χ3v) is 3.73. The van der Waals surface area contributed by atoms with Crippen molar-refractivity contribution in [3.63, 3.8) is 0 Å². The number of nitrogens with one attached hydrogen (secondary N) is 1. The number of halogens is 1. The van der Waals surface area contributed by atoms with Crippen molar-refractivity contribution in [3.8, 4) is 11.6 Å². The number of aryl methyl sites for hydroxylation is 1. The van der Waals surface area contributed by atoms with Crippen LogP contribution in [-0.2, 0) is 4.79 Å². The topological polar surface area (TPSA) is 81.9 Å². The molecule has 0 bridgehead atoms. The second-order valence-electron chi connectivity index (χ2n) is 5.37. The summed E-state index contributed by atoms with van der Waals surface area (Å²) in [7, 11) is 0. The standard InChI is InChI=1S/C17H16ClN5O2/c1-11-8-13(18)5-6-15(11)25-12(2)17(24)22-14-4-3-7-20-16(14)23-10-19-9-21-23/h3-10,12H,1-2H3,(H,22,24)/t12-/m1/s1. The average Bonchev–Trinajstić information content (AvgIpc) is 3.12. The summed E-state index contributed by atoms with van der Waals surface area (Å²) in [5, 5.41) is 7.46. The molecule has 0 saturated carbocycles. The lowest BCUT2D eigenvalue weighted by Crippen LogP contribution is -2.30. The predicted octanol–water partition coefficient (Wildman–Crippen LogP) is 3.03. The second kappa shape index (κ2) is 7.31. The molecule has 1 amide bonds. The Kier molecular flexibility index (Phi) is 4.95. The number of rotatable bonds is 5. The molecule has 3 rings (SSSR count). The Morgan fingerprint density at radius 2 is 2.20 bits per heavy atom. The number of hydrogen-bond donors (Lipinski definition) is 1. The molecule has 3 aromatic rings. The molecular weight excluding hydrogens is 342 g/mol. The molecule has 0 aliphatic heterocycles. The smallest absolute Gasteiger partial charge is 0.265 e. The quantitative estimate of drug-likeness (QED) is 0.759. The average molecular weight is 358 g/mol. The molecule has 1 aromatic carbocycles. The van der Waals surface area contributed by atoms with Crippen molar-refractivity contribution in [2.45, 2.75) is 20.0 Å². The van der Waals surface area contributed by atoms with Crippen molar-refractivity contribution in [1.29, 1.82) is 0 Å². The summed E-state index contributed by atoms with van der Waals surface area (Å²) < 4.78 is 7.22. The highest BCUT2D eigenvalue weighted by Gasteiger charge is 2.18. The summed E-state index contributed by atoms with van der Waals surface area (Å²) in [6.45, 7) is 3.55. The lowest BCUT2D eigenvalue weighted by Gasteiger charge is -2.17. The van der Waals surface area contributed by atoms with Gasteiger partial charge in [0.15, 0.2) is 11.9 Å². The maximum atomic E-state index is 12.5. The summed E-state index contributed by atoms with van der Waals surface area (Å²) in [5.74, 6) is 0.779. The van der Waals surface area contributed by atoms with E-state index >= 15 is 0 Å². The molecule has 25 heavy (non-hydrogen) atoms. The molecule has 1 N–H and O–H groups in total. The summed E-state index contributed by atoms with van der Waals surface area (Å²) in [4.78, 5) is 20.6. The summed E-state index contributed by atoms with van der Waals surface area (Å²) in [6, 6.07) is 8.71. The van der Waals surface area contributed by atoms with Crippen molar-refractivity contribution < 1.29 is 9.53 Å². The number of carbonyl (C=O) groups excluding carboxylic acids is 1. The van der Waals surface area contributed by atoms with E-state index in [4.69, 9.17) is 16.3 Å². The highest BCUT2D eigenvalue weighted by Crippen LogP contribution is 2.23. The minimum absolute atomic E-state index is 0.302. The van der Waals surface area contributed by atoms with Crippen LogP contribution in [-0.4, -0.2) is 31.8 Å². The van der Waals surface area contributed by atoms with Crippen LogP contribution in [0.4, 0.5) is 5.69 Å². The van der Waals surface area contributed by atoms with Crippen molar-refractivity contribution >= 4 is 23.2 Å². The van der Waals surface area contributed by atoms with Gasteiger partial charge in [0.1, 0.15) is 18.4 Å². The van der Waals surface area contributed by atoms with E-state index in [1.807, 2.05) is 6.92 Å². The zero-order valence-corrected chi connectivity index (χ0v) is 14.4. The first kappa shape index (κ1) is 16.9. The molecule has 0 saturated heterocycles. The number of ether oxygens (including phenoxy) is 1. The molecule has 8 heteroatoms. The fourth-order valence-corrected chi connectivity index (χ4v) is 2.44. The Morgan fingerprint density at radius 1 is 1.36 bits per heavy atom. The molecule has 0 radical (unpaired) electrons. The van der Waals surface area contributed by atoms with E-state index in [0.29, 0.717) is 22.3 Å². The number of carbonyl (C=O) groups is 1. The van der Waals surface area contributed by atoms with E-state index in [2.05, 4.69) is 20.4 Å². The largest absolute Gasteiger partial charge is 0.481 e. The van der Waals surface area contributed by atoms with Gasteiger partial charge >= 0.3 is 0 Å². The number of benzene rings is 1. The fourth-order valence-electron chi connectivity index (χ4n) is 2.22. The van der Waals surface area contributed by atoms with Gasteiger partial charge in [0.05, 0.1) is 5.69 Å². The van der Waals surface area contributed by atoms with E-state index in [-0.39, 0.29) is 5.91 Å². The van der Waals surface area contributed by atoms with Gasteiger partial charge in [-0.1, -0.05) is 11.6 Å². The van der Waals surface area contributed by atoms with Crippen LogP contribution in [0.25, 0.3) is 5.82 Å². The third-order valence-electron chi connectivity index (χ3n) is 3.49. The molecule has 128 valence electrons. The zero-order valence-electron chi connectivity index (χ0n) is 13.7. The summed E-state index contributed by atoms with van der Waals surface area (Å²) >= 11 is 5.93. The molecule has 0 unspecified atom stereocenters. The third kappa shape index (κ3) is 3.95. The fraction of sp³-hybridized carbons (Fsp3) is 0.176. The number of aromatic nitrogens is 4. The lowest BCUT2D eigenvalue weighted by atomic mass is 10.2. The normalized spacial score (nSPS) is 11.8. The molecule has 7 nitrogen and oxygen atoms in total. The number of hydrogen-bond acceptors (Lipinski definition) is 5. The molecule has 0 aliphatic rings. The molecule has 0 spiro atoms. The Morgan fingerprint density at radius 3 is 2.92 bits per heavy atom. The number of nitrogens with zero attached hydrogens (tertiary/aromatic N) is 4. The summed E-state index contributed by atoms with van der Waals surface area (Å²) in [6.07, 6.45) is 3.82. The molecule has 2 aromatic heterocycles. The first-order valence-corrected chi connectivity index (χ1v) is 7.96. The first-order valence-electron chi connectivity index (χ1n) is 7.58. The van der Waals surface area contributed by atoms with Gasteiger partial charge in [-0.3, -0.25) is 4.79 Å². The van der Waals surface area contributed by atoms with Gasteiger partial charge < -0.3 is 10.1 Å². The van der Waals surface area contributed by atoms with Gasteiger partial charge in [-0.25, -0.2) is 14.6 Å². The van der Waals surface area contributed by atoms with Gasteiger partial charge in [0.2, 0.25) is 0 Å². The second-order valence-corrected chi connectivity index (χ2v) is 5.81. The Bertz CT molecular complexity index is 883. The molecule has 2 heterocycles. The molecular formula is C17H16ClN5O2. The van der Waals surface area contributed by atoms with Gasteiger partial charge in [0, 0.05) is 11.2 Å². The predicted molar refractivity (Wildman–Crippen MR) is 94.1 cm³/mol. The SMILES string of the molecule is Cc1cc(Cl)ccc1O[C@H](C)C(=O)Nc1cccnc1-n1cncn1. The lowest BCUT2D eigenvalue weighted by molar-refractivity contribution is -0.122. The van der Waals surface area contributed by atoms with Crippen LogP contribution < -0.4 is 10.1 Å². The van der Waals surface area contributed by atoms with Crippen LogP contribution in [0.15, 0.2) is 49.2 Å². The van der Waals surface area contributed by atoms with Crippen molar-refractivity contribution in [2.24, 2.45) is 0 Å². The maximum absolute atomic E-state index is 12.5. The van der Waals surface area contributed by atoms with Gasteiger partial charge in [-0.15, -0.1) is 0 Å². The van der Waals surface area contributed by atoms with Crippen molar-refractivity contribution in [1.82, 2.24) is 19.7 Å². The Hall–Kier alpha value is -2.93. The van der Waals surface area contributed by atoms with Crippen molar-refractivity contribution in [2.75, 3.05) is 5.32 Å². The minimum Gasteiger partial charge on any atom is -0.481 e. The maximum Gasteiger partial charge on any atom is 0.265 e. The Balaban J connectivity index is 1.74. The zero-order chi connectivity index (χ0) is 17.8. The van der Waals surface area contributed by atoms with Crippen LogP contribution >= 0.6 is 11.6 Å². The van der Waals surface area contributed by atoms with E-state index < -0.39 is 6.10 Å². The summed E-state index contributed by atoms with van der Waals surface area (Å²) in [5.41, 5.74) is 1.37. The van der Waals surface area contributed by atoms with Gasteiger partial charge in [-0.2, -0.15) is 5.10 Å².